The summed E-state index contributed by atoms with van der Waals surface area (Å²) in [5.74, 6) is 0.509. The van der Waals surface area contributed by atoms with Crippen LogP contribution < -0.4 is 10.1 Å². The van der Waals surface area contributed by atoms with Crippen LogP contribution in [0, 0.1) is 0 Å². The third kappa shape index (κ3) is 5.08. The molecule has 0 saturated heterocycles. The second-order valence-electron chi connectivity index (χ2n) is 6.50. The summed E-state index contributed by atoms with van der Waals surface area (Å²) in [5, 5.41) is 3.15. The standard InChI is InChI=1S/C24H23NO2/c1-18(2)17-27-22-15-9-14-21(16-22)24(26)25-23(19-10-5-3-6-11-19)20-12-7-4-8-13-20/h3-16,23H,1,17H2,2H3,(H,25,26). The topological polar surface area (TPSA) is 38.3 Å². The van der Waals surface area contributed by atoms with Crippen LogP contribution in [0.4, 0.5) is 0 Å². The molecule has 1 amide bonds. The van der Waals surface area contributed by atoms with Crippen molar-refractivity contribution in [1.29, 1.82) is 0 Å². The zero-order valence-electron chi connectivity index (χ0n) is 15.4. The van der Waals surface area contributed by atoms with Gasteiger partial charge in [-0.05, 0) is 41.8 Å². The normalized spacial score (nSPS) is 10.4. The molecule has 3 heteroatoms. The number of hydrogen-bond donors (Lipinski definition) is 1. The monoisotopic (exact) mass is 357 g/mol. The molecule has 0 radical (unpaired) electrons. The second kappa shape index (κ2) is 8.86. The second-order valence-corrected chi connectivity index (χ2v) is 6.50. The van der Waals surface area contributed by atoms with Crippen LogP contribution in [-0.2, 0) is 0 Å². The molecule has 3 aromatic carbocycles. The number of carbonyl (C=O) groups excluding carboxylic acids is 1. The molecular weight excluding hydrogens is 334 g/mol. The van der Waals surface area contributed by atoms with Crippen molar-refractivity contribution in [2.45, 2.75) is 13.0 Å². The molecule has 3 rings (SSSR count). The Bertz CT molecular complexity index is 864. The molecule has 0 bridgehead atoms. The molecule has 0 atom stereocenters. The van der Waals surface area contributed by atoms with E-state index < -0.39 is 0 Å². The summed E-state index contributed by atoms with van der Waals surface area (Å²) >= 11 is 0. The number of benzene rings is 3. The predicted molar refractivity (Wildman–Crippen MR) is 109 cm³/mol. The largest absolute Gasteiger partial charge is 0.489 e. The third-order valence-electron chi connectivity index (χ3n) is 4.12. The van der Waals surface area contributed by atoms with Gasteiger partial charge in [-0.15, -0.1) is 0 Å². The average Bonchev–Trinajstić information content (AvgIpc) is 2.72. The van der Waals surface area contributed by atoms with Crippen molar-refractivity contribution in [3.05, 3.63) is 114 Å². The lowest BCUT2D eigenvalue weighted by Crippen LogP contribution is -2.29. The first-order chi connectivity index (χ1) is 13.1. The van der Waals surface area contributed by atoms with E-state index in [4.69, 9.17) is 4.74 Å². The predicted octanol–water partition coefficient (Wildman–Crippen LogP) is 5.16. The van der Waals surface area contributed by atoms with Gasteiger partial charge in [0.25, 0.3) is 5.91 Å². The molecule has 0 unspecified atom stereocenters. The van der Waals surface area contributed by atoms with Gasteiger partial charge in [0.2, 0.25) is 0 Å². The first-order valence-corrected chi connectivity index (χ1v) is 8.91. The Morgan fingerprint density at radius 3 is 2.07 bits per heavy atom. The van der Waals surface area contributed by atoms with Gasteiger partial charge in [0.15, 0.2) is 0 Å². The fraction of sp³-hybridized carbons (Fsp3) is 0.125. The molecule has 0 aliphatic rings. The number of ether oxygens (including phenoxy) is 1. The molecule has 0 saturated carbocycles. The van der Waals surface area contributed by atoms with Gasteiger partial charge in [0.05, 0.1) is 6.04 Å². The lowest BCUT2D eigenvalue weighted by Gasteiger charge is -2.20. The van der Waals surface area contributed by atoms with Crippen LogP contribution in [0.15, 0.2) is 97.1 Å². The van der Waals surface area contributed by atoms with E-state index in [2.05, 4.69) is 11.9 Å². The van der Waals surface area contributed by atoms with E-state index in [1.54, 1.807) is 12.1 Å². The highest BCUT2D eigenvalue weighted by Gasteiger charge is 2.17. The van der Waals surface area contributed by atoms with Crippen molar-refractivity contribution >= 4 is 5.91 Å². The molecule has 136 valence electrons. The molecule has 3 aromatic rings. The average molecular weight is 357 g/mol. The molecule has 0 spiro atoms. The van der Waals surface area contributed by atoms with Gasteiger partial charge < -0.3 is 10.1 Å². The lowest BCUT2D eigenvalue weighted by atomic mass is 9.98. The molecule has 0 aliphatic carbocycles. The number of carbonyl (C=O) groups is 1. The molecule has 0 aliphatic heterocycles. The number of nitrogens with one attached hydrogen (secondary N) is 1. The number of hydrogen-bond acceptors (Lipinski definition) is 2. The van der Waals surface area contributed by atoms with Crippen LogP contribution >= 0.6 is 0 Å². The Hall–Kier alpha value is -3.33. The van der Waals surface area contributed by atoms with Gasteiger partial charge in [0.1, 0.15) is 12.4 Å². The maximum absolute atomic E-state index is 12.9. The molecule has 0 heterocycles. The van der Waals surface area contributed by atoms with Crippen molar-refractivity contribution in [3.63, 3.8) is 0 Å². The summed E-state index contributed by atoms with van der Waals surface area (Å²) in [4.78, 5) is 12.9. The zero-order valence-corrected chi connectivity index (χ0v) is 15.4. The maximum Gasteiger partial charge on any atom is 0.252 e. The van der Waals surface area contributed by atoms with Crippen LogP contribution in [0.25, 0.3) is 0 Å². The van der Waals surface area contributed by atoms with Crippen molar-refractivity contribution < 1.29 is 9.53 Å². The summed E-state index contributed by atoms with van der Waals surface area (Å²) in [6.07, 6.45) is 0. The fourth-order valence-corrected chi connectivity index (χ4v) is 2.80. The SMILES string of the molecule is C=C(C)COc1cccc(C(=O)NC(c2ccccc2)c2ccccc2)c1. The fourth-order valence-electron chi connectivity index (χ4n) is 2.80. The first-order valence-electron chi connectivity index (χ1n) is 8.91. The van der Waals surface area contributed by atoms with Crippen LogP contribution in [0.2, 0.25) is 0 Å². The molecule has 1 N–H and O–H groups in total. The molecule has 3 nitrogen and oxygen atoms in total. The van der Waals surface area contributed by atoms with E-state index in [0.717, 1.165) is 16.7 Å². The number of amides is 1. The van der Waals surface area contributed by atoms with E-state index in [-0.39, 0.29) is 11.9 Å². The first kappa shape index (κ1) is 18.5. The van der Waals surface area contributed by atoms with E-state index in [0.29, 0.717) is 17.9 Å². The van der Waals surface area contributed by atoms with E-state index in [1.165, 1.54) is 0 Å². The minimum absolute atomic E-state index is 0.145. The maximum atomic E-state index is 12.9. The summed E-state index contributed by atoms with van der Waals surface area (Å²) in [5.41, 5.74) is 3.56. The Morgan fingerprint density at radius 2 is 1.52 bits per heavy atom. The quantitative estimate of drug-likeness (QED) is 0.593. The minimum Gasteiger partial charge on any atom is -0.489 e. The molecule has 27 heavy (non-hydrogen) atoms. The van der Waals surface area contributed by atoms with Crippen molar-refractivity contribution in [1.82, 2.24) is 5.32 Å². The minimum atomic E-state index is -0.222. The Kier molecular flexibility index (Phi) is 6.06. The zero-order chi connectivity index (χ0) is 19.1. The van der Waals surface area contributed by atoms with Crippen LogP contribution in [-0.4, -0.2) is 12.5 Å². The van der Waals surface area contributed by atoms with Gasteiger partial charge >= 0.3 is 0 Å². The van der Waals surface area contributed by atoms with Gasteiger partial charge in [-0.1, -0.05) is 73.3 Å². The highest BCUT2D eigenvalue weighted by Crippen LogP contribution is 2.23. The Balaban J connectivity index is 1.83. The summed E-state index contributed by atoms with van der Waals surface area (Å²) in [7, 11) is 0. The summed E-state index contributed by atoms with van der Waals surface area (Å²) in [6, 6.07) is 26.9. The van der Waals surface area contributed by atoms with Crippen molar-refractivity contribution in [3.8, 4) is 5.75 Å². The van der Waals surface area contributed by atoms with Crippen LogP contribution in [0.5, 0.6) is 5.75 Å². The van der Waals surface area contributed by atoms with Crippen molar-refractivity contribution in [2.75, 3.05) is 6.61 Å². The molecule has 0 aromatic heterocycles. The van der Waals surface area contributed by atoms with Crippen LogP contribution in [0.3, 0.4) is 0 Å². The van der Waals surface area contributed by atoms with Gasteiger partial charge in [0, 0.05) is 5.56 Å². The van der Waals surface area contributed by atoms with Gasteiger partial charge in [-0.3, -0.25) is 4.79 Å². The van der Waals surface area contributed by atoms with E-state index >= 15 is 0 Å². The smallest absolute Gasteiger partial charge is 0.252 e. The Labute approximate surface area is 160 Å². The molecular formula is C24H23NO2. The lowest BCUT2D eigenvalue weighted by molar-refractivity contribution is 0.0942. The van der Waals surface area contributed by atoms with Crippen molar-refractivity contribution in [2.24, 2.45) is 0 Å². The number of rotatable bonds is 7. The molecule has 0 fully saturated rings. The van der Waals surface area contributed by atoms with E-state index in [9.17, 15) is 4.79 Å². The third-order valence-corrected chi connectivity index (χ3v) is 4.12. The summed E-state index contributed by atoms with van der Waals surface area (Å²) < 4.78 is 5.65. The van der Waals surface area contributed by atoms with Crippen LogP contribution in [0.1, 0.15) is 34.5 Å². The van der Waals surface area contributed by atoms with Gasteiger partial charge in [-0.25, -0.2) is 0 Å². The highest BCUT2D eigenvalue weighted by atomic mass is 16.5. The highest BCUT2D eigenvalue weighted by molar-refractivity contribution is 5.95. The Morgan fingerprint density at radius 1 is 0.926 bits per heavy atom. The summed E-state index contributed by atoms with van der Waals surface area (Å²) in [6.45, 7) is 6.17. The van der Waals surface area contributed by atoms with E-state index in [1.807, 2.05) is 79.7 Å². The van der Waals surface area contributed by atoms with Gasteiger partial charge in [-0.2, -0.15) is 0 Å².